The molecule has 0 radical (unpaired) electrons. The molecule has 0 saturated carbocycles. The molecule has 0 heterocycles. The fourth-order valence-corrected chi connectivity index (χ4v) is 3.24. The Hall–Kier alpha value is -3.29. The second-order valence-electron chi connectivity index (χ2n) is 7.06. The summed E-state index contributed by atoms with van der Waals surface area (Å²) in [5.74, 6) is 0.661. The lowest BCUT2D eigenvalue weighted by Crippen LogP contribution is -2.21. The van der Waals surface area contributed by atoms with Crippen molar-refractivity contribution in [3.63, 3.8) is 0 Å². The molecule has 0 fully saturated rings. The molecule has 0 aromatic heterocycles. The average Bonchev–Trinajstić information content (AvgIpc) is 2.84. The maximum atomic E-state index is 6.28. The van der Waals surface area contributed by atoms with Crippen LogP contribution in [-0.4, -0.2) is 33.4 Å². The third kappa shape index (κ3) is 7.37. The summed E-state index contributed by atoms with van der Waals surface area (Å²) in [5, 5.41) is 17.6. The summed E-state index contributed by atoms with van der Waals surface area (Å²) < 4.78 is 10.5. The van der Waals surface area contributed by atoms with E-state index in [-0.39, 0.29) is 0 Å². The number of anilines is 1. The van der Waals surface area contributed by atoms with E-state index in [0.717, 1.165) is 24.5 Å². The van der Waals surface area contributed by atoms with Gasteiger partial charge in [0.1, 0.15) is 18.0 Å². The normalized spacial score (nSPS) is 11.4. The van der Waals surface area contributed by atoms with Crippen molar-refractivity contribution in [2.45, 2.75) is 13.8 Å². The Balaban J connectivity index is 1.59. The van der Waals surface area contributed by atoms with Gasteiger partial charge in [0.05, 0.1) is 28.7 Å². The van der Waals surface area contributed by atoms with Gasteiger partial charge in [-0.2, -0.15) is 15.3 Å². The van der Waals surface area contributed by atoms with Gasteiger partial charge in [-0.15, -0.1) is 5.11 Å². The first kappa shape index (κ1) is 24.4. The van der Waals surface area contributed by atoms with Crippen molar-refractivity contribution in [3.05, 3.63) is 71.8 Å². The minimum absolute atomic E-state index is 0.457. The van der Waals surface area contributed by atoms with E-state index in [1.165, 1.54) is 5.69 Å². The van der Waals surface area contributed by atoms with Crippen molar-refractivity contribution in [3.8, 4) is 5.75 Å². The van der Waals surface area contributed by atoms with Crippen LogP contribution in [0.4, 0.5) is 28.4 Å². The summed E-state index contributed by atoms with van der Waals surface area (Å²) >= 11 is 6.28. The SMILES string of the molecule is CCN(CC)c1ccc(N=Nc2ccc(N=Nc3ccc(OCCOC)cc3Cl)cc2)cc1. The van der Waals surface area contributed by atoms with Gasteiger partial charge in [-0.1, -0.05) is 11.6 Å². The Morgan fingerprint density at radius 1 is 0.727 bits per heavy atom. The molecule has 0 bridgehead atoms. The highest BCUT2D eigenvalue weighted by Crippen LogP contribution is 2.31. The van der Waals surface area contributed by atoms with Gasteiger partial charge in [-0.25, -0.2) is 0 Å². The van der Waals surface area contributed by atoms with Gasteiger partial charge in [0.2, 0.25) is 0 Å². The number of nitrogens with zero attached hydrogens (tertiary/aromatic N) is 5. The molecular weight excluding hydrogens is 438 g/mol. The summed E-state index contributed by atoms with van der Waals surface area (Å²) in [4.78, 5) is 2.28. The van der Waals surface area contributed by atoms with Gasteiger partial charge < -0.3 is 14.4 Å². The van der Waals surface area contributed by atoms with E-state index in [1.807, 2.05) is 36.4 Å². The molecule has 8 heteroatoms. The molecule has 7 nitrogen and oxygen atoms in total. The summed E-state index contributed by atoms with van der Waals surface area (Å²) in [6, 6.07) is 20.7. The van der Waals surface area contributed by atoms with Gasteiger partial charge in [-0.3, -0.25) is 0 Å². The molecule has 33 heavy (non-hydrogen) atoms. The lowest BCUT2D eigenvalue weighted by molar-refractivity contribution is 0.146. The van der Waals surface area contributed by atoms with Crippen LogP contribution in [0.1, 0.15) is 13.8 Å². The fraction of sp³-hybridized carbons (Fsp3) is 0.280. The summed E-state index contributed by atoms with van der Waals surface area (Å²) in [5.41, 5.74) is 3.97. The third-order valence-electron chi connectivity index (χ3n) is 4.86. The minimum Gasteiger partial charge on any atom is -0.491 e. The van der Waals surface area contributed by atoms with E-state index in [0.29, 0.717) is 35.4 Å². The van der Waals surface area contributed by atoms with Crippen LogP contribution in [-0.2, 0) is 4.74 Å². The van der Waals surface area contributed by atoms with Crippen LogP contribution >= 0.6 is 11.6 Å². The van der Waals surface area contributed by atoms with Gasteiger partial charge in [0, 0.05) is 32.0 Å². The Morgan fingerprint density at radius 3 is 1.79 bits per heavy atom. The van der Waals surface area contributed by atoms with Gasteiger partial charge in [-0.05, 0) is 74.5 Å². The van der Waals surface area contributed by atoms with Crippen molar-refractivity contribution in [2.24, 2.45) is 20.5 Å². The first-order valence-electron chi connectivity index (χ1n) is 10.8. The Bertz CT molecular complexity index is 1070. The van der Waals surface area contributed by atoms with Crippen LogP contribution in [0.2, 0.25) is 5.02 Å². The number of ether oxygens (including phenoxy) is 2. The van der Waals surface area contributed by atoms with Gasteiger partial charge in [0.25, 0.3) is 0 Å². The molecule has 3 aromatic carbocycles. The fourth-order valence-electron chi connectivity index (χ4n) is 3.03. The molecule has 0 spiro atoms. The first-order chi connectivity index (χ1) is 16.1. The topological polar surface area (TPSA) is 71.1 Å². The van der Waals surface area contributed by atoms with E-state index in [9.17, 15) is 0 Å². The van der Waals surface area contributed by atoms with Crippen LogP contribution in [0.3, 0.4) is 0 Å². The highest BCUT2D eigenvalue weighted by molar-refractivity contribution is 6.33. The first-order valence-corrected chi connectivity index (χ1v) is 11.2. The van der Waals surface area contributed by atoms with Crippen molar-refractivity contribution in [2.75, 3.05) is 38.3 Å². The van der Waals surface area contributed by atoms with Crippen LogP contribution in [0.15, 0.2) is 87.2 Å². The van der Waals surface area contributed by atoms with E-state index < -0.39 is 0 Å². The number of azo groups is 2. The summed E-state index contributed by atoms with van der Waals surface area (Å²) in [7, 11) is 1.63. The zero-order chi connectivity index (χ0) is 23.5. The largest absolute Gasteiger partial charge is 0.491 e. The van der Waals surface area contributed by atoms with Crippen LogP contribution in [0, 0.1) is 0 Å². The monoisotopic (exact) mass is 465 g/mol. The molecule has 0 amide bonds. The number of hydrogen-bond donors (Lipinski definition) is 0. The van der Waals surface area contributed by atoms with E-state index >= 15 is 0 Å². The summed E-state index contributed by atoms with van der Waals surface area (Å²) in [6.07, 6.45) is 0. The smallest absolute Gasteiger partial charge is 0.121 e. The van der Waals surface area contributed by atoms with Crippen molar-refractivity contribution in [1.29, 1.82) is 0 Å². The molecule has 0 saturated heterocycles. The Morgan fingerprint density at radius 2 is 1.27 bits per heavy atom. The van der Waals surface area contributed by atoms with E-state index in [4.69, 9.17) is 21.1 Å². The highest BCUT2D eigenvalue weighted by atomic mass is 35.5. The van der Waals surface area contributed by atoms with Gasteiger partial charge in [0.15, 0.2) is 0 Å². The second kappa shape index (κ2) is 12.7. The molecule has 0 aliphatic carbocycles. The average molecular weight is 466 g/mol. The zero-order valence-electron chi connectivity index (χ0n) is 19.1. The quantitative estimate of drug-likeness (QED) is 0.212. The molecule has 0 aliphatic rings. The Labute approximate surface area is 199 Å². The predicted molar refractivity (Wildman–Crippen MR) is 134 cm³/mol. The van der Waals surface area contributed by atoms with Crippen molar-refractivity contribution in [1.82, 2.24) is 0 Å². The molecule has 3 aromatic rings. The Kier molecular flexibility index (Phi) is 9.35. The minimum atomic E-state index is 0.457. The lowest BCUT2D eigenvalue weighted by Gasteiger charge is -2.20. The maximum absolute atomic E-state index is 6.28. The molecule has 3 rings (SSSR count). The van der Waals surface area contributed by atoms with Crippen molar-refractivity contribution >= 4 is 40.0 Å². The van der Waals surface area contributed by atoms with Crippen LogP contribution < -0.4 is 9.64 Å². The number of hydrogen-bond acceptors (Lipinski definition) is 7. The lowest BCUT2D eigenvalue weighted by atomic mass is 10.2. The molecular formula is C25H28ClN5O2. The standard InChI is InChI=1S/C25H28ClN5O2/c1-4-31(5-2)22-12-10-21(11-13-22)28-27-19-6-8-20(9-7-19)29-30-25-15-14-23(18-24(25)26)33-17-16-32-3/h6-15,18H,4-5,16-17H2,1-3H3. The van der Waals surface area contributed by atoms with Gasteiger partial charge >= 0.3 is 0 Å². The predicted octanol–water partition coefficient (Wildman–Crippen LogP) is 8.04. The number of methoxy groups -OCH3 is 1. The number of benzene rings is 3. The molecule has 172 valence electrons. The van der Waals surface area contributed by atoms with Crippen LogP contribution in [0.5, 0.6) is 5.75 Å². The third-order valence-corrected chi connectivity index (χ3v) is 5.16. The molecule has 0 N–H and O–H groups in total. The highest BCUT2D eigenvalue weighted by Gasteiger charge is 2.03. The molecule has 0 aliphatic heterocycles. The van der Waals surface area contributed by atoms with Crippen LogP contribution in [0.25, 0.3) is 0 Å². The summed E-state index contributed by atoms with van der Waals surface area (Å²) in [6.45, 7) is 7.21. The maximum Gasteiger partial charge on any atom is 0.121 e. The van der Waals surface area contributed by atoms with E-state index in [2.05, 4.69) is 51.3 Å². The zero-order valence-corrected chi connectivity index (χ0v) is 19.9. The second-order valence-corrected chi connectivity index (χ2v) is 7.47. The molecule has 0 unspecified atom stereocenters. The number of halogens is 1. The number of rotatable bonds is 11. The van der Waals surface area contributed by atoms with Crippen molar-refractivity contribution < 1.29 is 9.47 Å². The molecule has 0 atom stereocenters. The van der Waals surface area contributed by atoms with E-state index in [1.54, 1.807) is 25.3 Å².